The number of hydrogen-bond acceptors (Lipinski definition) is 8. The van der Waals surface area contributed by atoms with Gasteiger partial charge in [-0.15, -0.1) is 0 Å². The van der Waals surface area contributed by atoms with Crippen molar-refractivity contribution in [2.75, 3.05) is 26.8 Å². The van der Waals surface area contributed by atoms with E-state index in [0.29, 0.717) is 28.8 Å². The second-order valence-corrected chi connectivity index (χ2v) is 10.5. The molecule has 44 heavy (non-hydrogen) atoms. The summed E-state index contributed by atoms with van der Waals surface area (Å²) in [5.74, 6) is -1.78. The van der Waals surface area contributed by atoms with Gasteiger partial charge in [-0.1, -0.05) is 12.1 Å². The number of piperidine rings is 1. The molecule has 1 fully saturated rings. The van der Waals surface area contributed by atoms with E-state index in [1.807, 2.05) is 0 Å². The Labute approximate surface area is 250 Å². The molecule has 0 radical (unpaired) electrons. The molecule has 12 nitrogen and oxygen atoms in total. The lowest BCUT2D eigenvalue weighted by molar-refractivity contribution is -0.134. The normalized spacial score (nSPS) is 18.8. The van der Waals surface area contributed by atoms with Crippen molar-refractivity contribution in [3.8, 4) is 17.2 Å². The summed E-state index contributed by atoms with van der Waals surface area (Å²) in [7, 11) is 1.44. The number of nitrogens with one attached hydrogen (secondary N) is 2. The van der Waals surface area contributed by atoms with E-state index >= 15 is 0 Å². The van der Waals surface area contributed by atoms with Crippen molar-refractivity contribution in [2.45, 2.75) is 31.7 Å². The largest absolute Gasteiger partial charge is 0.493 e. The maximum atomic E-state index is 14.5. The van der Waals surface area contributed by atoms with E-state index in [9.17, 15) is 23.6 Å². The van der Waals surface area contributed by atoms with E-state index in [1.165, 1.54) is 29.9 Å². The van der Waals surface area contributed by atoms with Crippen LogP contribution in [0.4, 0.5) is 4.39 Å². The number of ether oxygens (including phenoxy) is 3. The Kier molecular flexibility index (Phi) is 7.92. The van der Waals surface area contributed by atoms with Gasteiger partial charge in [0, 0.05) is 37.7 Å². The number of benzene rings is 3. The standard InChI is InChI=1S/C31H29FN4O8/c1-41-26-7-6-19-12-27(26)42-17-28(37)33-14-18-10-20(32)13-21(11-18)43-24-8-9-35(15-22(24)34-30(19)39)29(38)16-36-23-4-2-3-5-25(23)44-31(36)40/h2-7,10-13,22,24H,8-9,14-17H2,1H3,(H,33,37)(H,34,39)/t22-,24+/m0/s1. The summed E-state index contributed by atoms with van der Waals surface area (Å²) in [5, 5.41) is 5.63. The molecule has 2 N–H and O–H groups in total. The molecule has 0 unspecified atom stereocenters. The zero-order chi connectivity index (χ0) is 30.8. The first-order chi connectivity index (χ1) is 21.3. The molecule has 2 atom stereocenters. The number of hydrogen-bond donors (Lipinski definition) is 2. The Bertz CT molecular complexity index is 1800. The van der Waals surface area contributed by atoms with Crippen LogP contribution in [0.2, 0.25) is 0 Å². The van der Waals surface area contributed by atoms with Crippen LogP contribution < -0.4 is 30.6 Å². The molecule has 0 saturated carbocycles. The molecule has 1 aromatic heterocycles. The van der Waals surface area contributed by atoms with Crippen molar-refractivity contribution >= 4 is 28.8 Å². The molecule has 4 bridgehead atoms. The van der Waals surface area contributed by atoms with Crippen LogP contribution in [0, 0.1) is 5.82 Å². The first-order valence-electron chi connectivity index (χ1n) is 14.0. The summed E-state index contributed by atoms with van der Waals surface area (Å²) in [6, 6.07) is 14.8. The number of fused-ring (bicyclic) bond motifs is 6. The van der Waals surface area contributed by atoms with Crippen LogP contribution in [-0.2, 0) is 22.7 Å². The fraction of sp³-hybridized carbons (Fsp3) is 0.290. The first-order valence-corrected chi connectivity index (χ1v) is 14.0. The molecule has 0 spiro atoms. The predicted molar refractivity (Wildman–Crippen MR) is 154 cm³/mol. The van der Waals surface area contributed by atoms with E-state index in [2.05, 4.69) is 10.6 Å². The molecule has 0 aliphatic carbocycles. The van der Waals surface area contributed by atoms with Gasteiger partial charge in [0.15, 0.2) is 23.7 Å². The van der Waals surface area contributed by atoms with Crippen molar-refractivity contribution in [2.24, 2.45) is 0 Å². The lowest BCUT2D eigenvalue weighted by atomic mass is 10.0. The molecule has 2 aliphatic rings. The molecule has 3 amide bonds. The molecule has 6 rings (SSSR count). The van der Waals surface area contributed by atoms with Gasteiger partial charge in [-0.25, -0.2) is 9.18 Å². The van der Waals surface area contributed by atoms with Crippen LogP contribution >= 0.6 is 0 Å². The third kappa shape index (κ3) is 6.07. The third-order valence-corrected chi connectivity index (χ3v) is 7.58. The Morgan fingerprint density at radius 3 is 2.77 bits per heavy atom. The highest BCUT2D eigenvalue weighted by atomic mass is 19.1. The van der Waals surface area contributed by atoms with Crippen LogP contribution in [0.5, 0.6) is 17.2 Å². The Morgan fingerprint density at radius 2 is 1.93 bits per heavy atom. The van der Waals surface area contributed by atoms with Crippen LogP contribution in [0.1, 0.15) is 22.3 Å². The van der Waals surface area contributed by atoms with Crippen LogP contribution in [0.3, 0.4) is 0 Å². The Hall–Kier alpha value is -5.33. The molecule has 228 valence electrons. The van der Waals surface area contributed by atoms with Crippen LogP contribution in [-0.4, -0.2) is 66.1 Å². The van der Waals surface area contributed by atoms with Gasteiger partial charge in [-0.2, -0.15) is 0 Å². The van der Waals surface area contributed by atoms with E-state index in [4.69, 9.17) is 18.6 Å². The molecule has 3 heterocycles. The summed E-state index contributed by atoms with van der Waals surface area (Å²) in [6.45, 7) is -0.254. The maximum absolute atomic E-state index is 14.5. The highest BCUT2D eigenvalue weighted by Crippen LogP contribution is 2.29. The zero-order valence-electron chi connectivity index (χ0n) is 23.7. The molecule has 13 heteroatoms. The van der Waals surface area contributed by atoms with Crippen LogP contribution in [0.25, 0.3) is 11.1 Å². The number of carbonyl (C=O) groups excluding carboxylic acids is 3. The van der Waals surface area contributed by atoms with Crippen molar-refractivity contribution in [1.82, 2.24) is 20.1 Å². The third-order valence-electron chi connectivity index (χ3n) is 7.58. The van der Waals surface area contributed by atoms with Crippen molar-refractivity contribution < 1.29 is 37.4 Å². The quantitative estimate of drug-likeness (QED) is 0.363. The lowest BCUT2D eigenvalue weighted by Crippen LogP contribution is -2.58. The average molecular weight is 605 g/mol. The Morgan fingerprint density at radius 1 is 1.09 bits per heavy atom. The molecular weight excluding hydrogens is 575 g/mol. The monoisotopic (exact) mass is 604 g/mol. The molecular formula is C31H29FN4O8. The predicted octanol–water partition coefficient (Wildman–Crippen LogP) is 2.23. The average Bonchev–Trinajstić information content (AvgIpc) is 3.33. The van der Waals surface area contributed by atoms with Crippen molar-refractivity contribution in [1.29, 1.82) is 0 Å². The van der Waals surface area contributed by atoms with E-state index < -0.39 is 35.5 Å². The second kappa shape index (κ2) is 12.1. The number of carbonyl (C=O) groups is 3. The number of likely N-dealkylation sites (tertiary alicyclic amines) is 1. The van der Waals surface area contributed by atoms with Gasteiger partial charge in [0.2, 0.25) is 5.91 Å². The molecule has 2 aliphatic heterocycles. The van der Waals surface area contributed by atoms with Gasteiger partial charge in [0.25, 0.3) is 11.8 Å². The van der Waals surface area contributed by atoms with Gasteiger partial charge in [0.05, 0.1) is 18.7 Å². The minimum atomic E-state index is -0.705. The first kappa shape index (κ1) is 28.8. The number of methoxy groups -OCH3 is 1. The topological polar surface area (TPSA) is 141 Å². The Balaban J connectivity index is 1.29. The van der Waals surface area contributed by atoms with Gasteiger partial charge in [0.1, 0.15) is 24.2 Å². The number of rotatable bonds is 3. The second-order valence-electron chi connectivity index (χ2n) is 10.5. The highest BCUT2D eigenvalue weighted by Gasteiger charge is 2.35. The van der Waals surface area contributed by atoms with E-state index in [0.717, 1.165) is 0 Å². The minimum Gasteiger partial charge on any atom is -0.493 e. The lowest BCUT2D eigenvalue weighted by Gasteiger charge is -2.39. The fourth-order valence-corrected chi connectivity index (χ4v) is 5.38. The summed E-state index contributed by atoms with van der Waals surface area (Å²) < 4.78 is 38.2. The number of para-hydroxylation sites is 2. The number of oxazole rings is 1. The molecule has 3 aromatic carbocycles. The minimum absolute atomic E-state index is 0.0304. The SMILES string of the molecule is COc1ccc2cc1OCC(=O)NCc1cc(F)cc(c1)O[C@@H]1CCN(C(=O)Cn3c(=O)oc4ccccc43)C[C@@H]1NC2=O. The molecule has 1 saturated heterocycles. The van der Waals surface area contributed by atoms with Gasteiger partial charge < -0.3 is 34.2 Å². The van der Waals surface area contributed by atoms with Gasteiger partial charge in [-0.3, -0.25) is 19.0 Å². The number of amides is 3. The van der Waals surface area contributed by atoms with Crippen molar-refractivity contribution in [3.63, 3.8) is 0 Å². The van der Waals surface area contributed by atoms with E-state index in [1.54, 1.807) is 47.4 Å². The summed E-state index contributed by atoms with van der Waals surface area (Å²) in [4.78, 5) is 53.4. The van der Waals surface area contributed by atoms with E-state index in [-0.39, 0.29) is 55.8 Å². The summed E-state index contributed by atoms with van der Waals surface area (Å²) in [5.41, 5.74) is 1.56. The van der Waals surface area contributed by atoms with Gasteiger partial charge in [-0.05, 0) is 48.0 Å². The highest BCUT2D eigenvalue weighted by molar-refractivity contribution is 5.95. The number of halogens is 1. The zero-order valence-corrected chi connectivity index (χ0v) is 23.7. The summed E-state index contributed by atoms with van der Waals surface area (Å²) >= 11 is 0. The smallest absolute Gasteiger partial charge is 0.420 e. The fourth-order valence-electron chi connectivity index (χ4n) is 5.38. The number of nitrogens with zero attached hydrogens (tertiary/aromatic N) is 2. The summed E-state index contributed by atoms with van der Waals surface area (Å²) in [6.07, 6.45) is -0.330. The number of aromatic nitrogens is 1. The maximum Gasteiger partial charge on any atom is 0.420 e. The van der Waals surface area contributed by atoms with Crippen molar-refractivity contribution in [3.05, 3.63) is 88.2 Å². The van der Waals surface area contributed by atoms with Crippen LogP contribution in [0.15, 0.2) is 69.9 Å². The molecule has 4 aromatic rings. The van der Waals surface area contributed by atoms with Gasteiger partial charge >= 0.3 is 5.76 Å².